The van der Waals surface area contributed by atoms with Crippen LogP contribution in [-0.4, -0.2) is 5.11 Å². The van der Waals surface area contributed by atoms with Gasteiger partial charge < -0.3 is 10.4 Å². The van der Waals surface area contributed by atoms with Gasteiger partial charge in [0.15, 0.2) is 0 Å². The Balaban J connectivity index is 2.04. The lowest BCUT2D eigenvalue weighted by Gasteiger charge is -2.15. The van der Waals surface area contributed by atoms with Crippen molar-refractivity contribution in [3.8, 4) is 0 Å². The molecule has 0 amide bonds. The van der Waals surface area contributed by atoms with E-state index in [-0.39, 0.29) is 12.6 Å². The van der Waals surface area contributed by atoms with Gasteiger partial charge in [0, 0.05) is 18.2 Å². The molecule has 0 aliphatic carbocycles. The van der Waals surface area contributed by atoms with E-state index >= 15 is 0 Å². The summed E-state index contributed by atoms with van der Waals surface area (Å²) < 4.78 is 26.8. The van der Waals surface area contributed by atoms with Gasteiger partial charge in [0.1, 0.15) is 11.6 Å². The third-order valence-electron chi connectivity index (χ3n) is 3.21. The van der Waals surface area contributed by atoms with Crippen molar-refractivity contribution in [2.45, 2.75) is 26.1 Å². The Bertz CT molecular complexity index is 586. The summed E-state index contributed by atoms with van der Waals surface area (Å²) >= 11 is 0. The Morgan fingerprint density at radius 1 is 1.10 bits per heavy atom. The molecule has 0 radical (unpaired) electrons. The zero-order chi connectivity index (χ0) is 14.5. The molecule has 0 heterocycles. The Hall–Kier alpha value is -1.78. The van der Waals surface area contributed by atoms with Gasteiger partial charge in [-0.2, -0.15) is 0 Å². The van der Waals surface area contributed by atoms with Crippen molar-refractivity contribution in [3.05, 3.63) is 70.8 Å². The van der Waals surface area contributed by atoms with Gasteiger partial charge in [0.2, 0.25) is 0 Å². The third kappa shape index (κ3) is 3.62. The minimum Gasteiger partial charge on any atom is -0.392 e. The molecule has 106 valence electrons. The third-order valence-corrected chi connectivity index (χ3v) is 3.21. The molecule has 0 aliphatic rings. The highest BCUT2D eigenvalue weighted by Gasteiger charge is 2.11. The normalized spacial score (nSPS) is 12.4. The van der Waals surface area contributed by atoms with Crippen molar-refractivity contribution in [2.75, 3.05) is 0 Å². The number of rotatable bonds is 5. The van der Waals surface area contributed by atoms with Gasteiger partial charge in [-0.25, -0.2) is 8.78 Å². The first-order valence-corrected chi connectivity index (χ1v) is 6.47. The van der Waals surface area contributed by atoms with E-state index in [1.54, 1.807) is 6.92 Å². The number of hydrogen-bond acceptors (Lipinski definition) is 2. The van der Waals surface area contributed by atoms with Gasteiger partial charge in [0.05, 0.1) is 6.61 Å². The first-order chi connectivity index (χ1) is 9.60. The average molecular weight is 277 g/mol. The Labute approximate surface area is 117 Å². The summed E-state index contributed by atoms with van der Waals surface area (Å²) in [7, 11) is 0. The maximum Gasteiger partial charge on any atom is 0.128 e. The van der Waals surface area contributed by atoms with Crippen molar-refractivity contribution in [1.82, 2.24) is 5.32 Å². The molecule has 0 aromatic heterocycles. The van der Waals surface area contributed by atoms with Gasteiger partial charge in [-0.3, -0.25) is 0 Å². The van der Waals surface area contributed by atoms with Crippen molar-refractivity contribution in [3.63, 3.8) is 0 Å². The van der Waals surface area contributed by atoms with Crippen molar-refractivity contribution in [2.24, 2.45) is 0 Å². The summed E-state index contributed by atoms with van der Waals surface area (Å²) in [6, 6.07) is 10.6. The van der Waals surface area contributed by atoms with Crippen molar-refractivity contribution < 1.29 is 13.9 Å². The summed E-state index contributed by atoms with van der Waals surface area (Å²) in [4.78, 5) is 0. The SMILES string of the molecule is CC(NCc1cccc(CO)c1)c1cc(F)ccc1F. The van der Waals surface area contributed by atoms with Gasteiger partial charge in [-0.05, 0) is 36.2 Å². The van der Waals surface area contributed by atoms with Crippen LogP contribution in [0.1, 0.15) is 29.7 Å². The minimum absolute atomic E-state index is 0.0120. The standard InChI is InChI=1S/C16H17F2NO/c1-11(15-8-14(17)5-6-16(15)18)19-9-12-3-2-4-13(7-12)10-20/h2-8,11,19-20H,9-10H2,1H3. The van der Waals surface area contributed by atoms with Gasteiger partial charge in [0.25, 0.3) is 0 Å². The number of benzene rings is 2. The van der Waals surface area contributed by atoms with Crippen LogP contribution in [0, 0.1) is 11.6 Å². The van der Waals surface area contributed by atoms with Gasteiger partial charge in [-0.1, -0.05) is 24.3 Å². The van der Waals surface area contributed by atoms with Crippen LogP contribution < -0.4 is 5.32 Å². The monoisotopic (exact) mass is 277 g/mol. The first kappa shape index (κ1) is 14.6. The molecular formula is C16H17F2NO. The van der Waals surface area contributed by atoms with E-state index in [1.807, 2.05) is 24.3 Å². The highest BCUT2D eigenvalue weighted by molar-refractivity contribution is 5.24. The Morgan fingerprint density at radius 2 is 1.85 bits per heavy atom. The fourth-order valence-corrected chi connectivity index (χ4v) is 2.07. The molecule has 20 heavy (non-hydrogen) atoms. The lowest BCUT2D eigenvalue weighted by Crippen LogP contribution is -2.19. The predicted molar refractivity (Wildman–Crippen MR) is 74.0 cm³/mol. The maximum atomic E-state index is 13.6. The molecule has 0 saturated heterocycles. The van der Waals surface area contributed by atoms with Crippen LogP contribution in [-0.2, 0) is 13.2 Å². The number of hydrogen-bond donors (Lipinski definition) is 2. The molecule has 0 spiro atoms. The summed E-state index contributed by atoms with van der Waals surface area (Å²) in [5.41, 5.74) is 2.12. The molecule has 2 aromatic rings. The van der Waals surface area contributed by atoms with E-state index in [4.69, 9.17) is 5.11 Å². The van der Waals surface area contributed by atoms with Crippen LogP contribution in [0.4, 0.5) is 8.78 Å². The molecule has 2 rings (SSSR count). The fraction of sp³-hybridized carbons (Fsp3) is 0.250. The molecule has 2 nitrogen and oxygen atoms in total. The van der Waals surface area contributed by atoms with E-state index < -0.39 is 11.6 Å². The van der Waals surface area contributed by atoms with Crippen LogP contribution in [0.5, 0.6) is 0 Å². The topological polar surface area (TPSA) is 32.3 Å². The van der Waals surface area contributed by atoms with Crippen LogP contribution in [0.2, 0.25) is 0 Å². The fourth-order valence-electron chi connectivity index (χ4n) is 2.07. The molecule has 4 heteroatoms. The van der Waals surface area contributed by atoms with Crippen LogP contribution in [0.3, 0.4) is 0 Å². The smallest absolute Gasteiger partial charge is 0.128 e. The zero-order valence-corrected chi connectivity index (χ0v) is 11.2. The number of aliphatic hydroxyl groups is 1. The Morgan fingerprint density at radius 3 is 2.60 bits per heavy atom. The van der Waals surface area contributed by atoms with Crippen molar-refractivity contribution >= 4 is 0 Å². The van der Waals surface area contributed by atoms with Crippen LogP contribution >= 0.6 is 0 Å². The molecule has 2 aromatic carbocycles. The minimum atomic E-state index is -0.447. The van der Waals surface area contributed by atoms with Crippen LogP contribution in [0.15, 0.2) is 42.5 Å². The summed E-state index contributed by atoms with van der Waals surface area (Å²) in [6.45, 7) is 2.29. The lowest BCUT2D eigenvalue weighted by atomic mass is 10.1. The predicted octanol–water partition coefficient (Wildman–Crippen LogP) is 3.31. The molecular weight excluding hydrogens is 260 g/mol. The number of nitrogens with one attached hydrogen (secondary N) is 1. The van der Waals surface area contributed by atoms with Crippen LogP contribution in [0.25, 0.3) is 0 Å². The molecule has 1 atom stereocenters. The highest BCUT2D eigenvalue weighted by Crippen LogP contribution is 2.18. The summed E-state index contributed by atoms with van der Waals surface area (Å²) in [6.07, 6.45) is 0. The lowest BCUT2D eigenvalue weighted by molar-refractivity contribution is 0.281. The second kappa shape index (κ2) is 6.59. The average Bonchev–Trinajstić information content (AvgIpc) is 2.47. The van der Waals surface area contributed by atoms with Gasteiger partial charge in [-0.15, -0.1) is 0 Å². The summed E-state index contributed by atoms with van der Waals surface area (Å²) in [5.74, 6) is -0.868. The summed E-state index contributed by atoms with van der Waals surface area (Å²) in [5, 5.41) is 12.2. The van der Waals surface area contributed by atoms with E-state index in [1.165, 1.54) is 6.07 Å². The molecule has 2 N–H and O–H groups in total. The molecule has 0 bridgehead atoms. The van der Waals surface area contributed by atoms with E-state index in [9.17, 15) is 8.78 Å². The Kier molecular flexibility index (Phi) is 4.82. The first-order valence-electron chi connectivity index (χ1n) is 6.47. The molecule has 1 unspecified atom stereocenters. The number of aliphatic hydroxyl groups excluding tert-OH is 1. The number of halogens is 2. The molecule has 0 aliphatic heterocycles. The molecule has 0 fully saturated rings. The second-order valence-electron chi connectivity index (χ2n) is 4.75. The zero-order valence-electron chi connectivity index (χ0n) is 11.2. The van der Waals surface area contributed by atoms with E-state index in [0.29, 0.717) is 12.1 Å². The maximum absolute atomic E-state index is 13.6. The quantitative estimate of drug-likeness (QED) is 0.879. The van der Waals surface area contributed by atoms with Crippen molar-refractivity contribution in [1.29, 1.82) is 0 Å². The van der Waals surface area contributed by atoms with E-state index in [0.717, 1.165) is 23.3 Å². The van der Waals surface area contributed by atoms with E-state index in [2.05, 4.69) is 5.32 Å². The van der Waals surface area contributed by atoms with Gasteiger partial charge >= 0.3 is 0 Å². The largest absolute Gasteiger partial charge is 0.392 e. The molecule has 0 saturated carbocycles. The second-order valence-corrected chi connectivity index (χ2v) is 4.75. The highest BCUT2D eigenvalue weighted by atomic mass is 19.1.